The molecule has 0 aromatic heterocycles. The van der Waals surface area contributed by atoms with Crippen molar-refractivity contribution in [1.82, 2.24) is 10.6 Å². The number of ether oxygens (including phenoxy) is 2. The van der Waals surface area contributed by atoms with Gasteiger partial charge in [-0.3, -0.25) is 9.59 Å². The maximum absolute atomic E-state index is 13.4. The first-order valence-corrected chi connectivity index (χ1v) is 10.4. The van der Waals surface area contributed by atoms with E-state index in [0.717, 1.165) is 0 Å². The fourth-order valence-corrected chi connectivity index (χ4v) is 3.29. The van der Waals surface area contributed by atoms with Gasteiger partial charge in [-0.15, -0.1) is 0 Å². The van der Waals surface area contributed by atoms with Crippen LogP contribution in [0, 0.1) is 0 Å². The van der Waals surface area contributed by atoms with Crippen LogP contribution >= 0.6 is 12.6 Å². The van der Waals surface area contributed by atoms with Gasteiger partial charge in [-0.1, -0.05) is 36.4 Å². The first-order valence-electron chi connectivity index (χ1n) is 9.93. The number of nitrogens with one attached hydrogen (secondary N) is 2. The van der Waals surface area contributed by atoms with Gasteiger partial charge in [0, 0.05) is 15.9 Å². The molecule has 0 saturated heterocycles. The third kappa shape index (κ3) is 5.11. The highest BCUT2D eigenvalue weighted by Gasteiger charge is 2.48. The molecule has 1 aliphatic rings. The number of aliphatic imine (C=N–C) groups is 1. The lowest BCUT2D eigenvalue weighted by Gasteiger charge is -2.32. The average molecular weight is 456 g/mol. The minimum absolute atomic E-state index is 0.203. The molecule has 1 unspecified atom stereocenters. The van der Waals surface area contributed by atoms with Crippen LogP contribution in [0.25, 0.3) is 0 Å². The number of methoxy groups -OCH3 is 1. The zero-order valence-electron chi connectivity index (χ0n) is 18.0. The maximum atomic E-state index is 13.4. The van der Waals surface area contributed by atoms with E-state index in [0.29, 0.717) is 11.1 Å². The molecule has 0 fully saturated rings. The summed E-state index contributed by atoms with van der Waals surface area (Å²) in [7, 11) is 1.22. The summed E-state index contributed by atoms with van der Waals surface area (Å²) in [4.78, 5) is 43.1. The average Bonchev–Trinajstić information content (AvgIpc) is 3.22. The number of benzene rings is 2. The van der Waals surface area contributed by atoms with Crippen LogP contribution in [0.2, 0.25) is 0 Å². The Balaban J connectivity index is 1.97. The summed E-state index contributed by atoms with van der Waals surface area (Å²) in [6.45, 7) is 3.08. The van der Waals surface area contributed by atoms with E-state index in [9.17, 15) is 14.4 Å². The first kappa shape index (κ1) is 23.3. The van der Waals surface area contributed by atoms with Gasteiger partial charge >= 0.3 is 5.97 Å². The molecule has 2 amide bonds. The van der Waals surface area contributed by atoms with E-state index >= 15 is 0 Å². The number of rotatable bonds is 7. The number of hydrogen-bond donors (Lipinski definition) is 3. The third-order valence-electron chi connectivity index (χ3n) is 4.88. The molecule has 2 aromatic rings. The molecule has 3 rings (SSSR count). The van der Waals surface area contributed by atoms with E-state index in [4.69, 9.17) is 9.47 Å². The Hall–Kier alpha value is -3.33. The van der Waals surface area contributed by atoms with Crippen LogP contribution in [0.4, 0.5) is 0 Å². The highest BCUT2D eigenvalue weighted by Crippen LogP contribution is 2.24. The van der Waals surface area contributed by atoms with Gasteiger partial charge in [0.05, 0.1) is 7.11 Å². The predicted molar refractivity (Wildman–Crippen MR) is 123 cm³/mol. The van der Waals surface area contributed by atoms with E-state index in [2.05, 4.69) is 28.3 Å². The van der Waals surface area contributed by atoms with Crippen molar-refractivity contribution in [1.29, 1.82) is 0 Å². The SMILES string of the molecule is COC(=O)[C@@H](NC(=O)C1(NC(=O)c2ccccc2)COC(c2ccccc2)=N1)C(C)(C)S. The summed E-state index contributed by atoms with van der Waals surface area (Å²) in [5.74, 6) is -1.70. The highest BCUT2D eigenvalue weighted by atomic mass is 32.1. The van der Waals surface area contributed by atoms with Crippen LogP contribution in [0.15, 0.2) is 65.7 Å². The molecule has 1 aliphatic heterocycles. The minimum atomic E-state index is -1.79. The monoisotopic (exact) mass is 455 g/mol. The smallest absolute Gasteiger partial charge is 0.329 e. The Morgan fingerprint density at radius 3 is 2.25 bits per heavy atom. The maximum Gasteiger partial charge on any atom is 0.329 e. The summed E-state index contributed by atoms with van der Waals surface area (Å²) < 4.78 is 9.58. The van der Waals surface area contributed by atoms with Gasteiger partial charge in [0.25, 0.3) is 11.8 Å². The molecule has 9 heteroatoms. The molecule has 0 saturated carbocycles. The molecular weight excluding hydrogens is 430 g/mol. The van der Waals surface area contributed by atoms with E-state index in [-0.39, 0.29) is 12.5 Å². The van der Waals surface area contributed by atoms with Crippen molar-refractivity contribution in [3.05, 3.63) is 71.8 Å². The summed E-state index contributed by atoms with van der Waals surface area (Å²) >= 11 is 4.42. The van der Waals surface area contributed by atoms with Crippen molar-refractivity contribution >= 4 is 36.3 Å². The lowest BCUT2D eigenvalue weighted by atomic mass is 10.0. The van der Waals surface area contributed by atoms with Gasteiger partial charge in [0.2, 0.25) is 11.6 Å². The Morgan fingerprint density at radius 1 is 1.09 bits per heavy atom. The van der Waals surface area contributed by atoms with Crippen molar-refractivity contribution in [3.63, 3.8) is 0 Å². The van der Waals surface area contributed by atoms with Crippen molar-refractivity contribution in [3.8, 4) is 0 Å². The van der Waals surface area contributed by atoms with Crippen LogP contribution in [0.1, 0.15) is 29.8 Å². The first-order chi connectivity index (χ1) is 15.2. The highest BCUT2D eigenvalue weighted by molar-refractivity contribution is 7.81. The van der Waals surface area contributed by atoms with Crippen LogP contribution in [-0.4, -0.2) is 53.8 Å². The van der Waals surface area contributed by atoms with Crippen LogP contribution in [0.5, 0.6) is 0 Å². The molecular formula is C23H25N3O5S. The molecule has 2 N–H and O–H groups in total. The van der Waals surface area contributed by atoms with E-state index in [1.54, 1.807) is 68.4 Å². The molecule has 1 heterocycles. The summed E-state index contributed by atoms with van der Waals surface area (Å²) in [6.07, 6.45) is 0. The lowest BCUT2D eigenvalue weighted by molar-refractivity contribution is -0.146. The van der Waals surface area contributed by atoms with Gasteiger partial charge in [-0.2, -0.15) is 12.6 Å². The van der Waals surface area contributed by atoms with Crippen molar-refractivity contribution in [2.75, 3.05) is 13.7 Å². The van der Waals surface area contributed by atoms with Crippen molar-refractivity contribution in [2.24, 2.45) is 4.99 Å². The zero-order chi connectivity index (χ0) is 23.4. The molecule has 32 heavy (non-hydrogen) atoms. The topological polar surface area (TPSA) is 106 Å². The largest absolute Gasteiger partial charge is 0.472 e. The minimum Gasteiger partial charge on any atom is -0.472 e. The number of esters is 1. The summed E-state index contributed by atoms with van der Waals surface area (Å²) in [5, 5.41) is 5.31. The molecule has 0 radical (unpaired) electrons. The Bertz CT molecular complexity index is 1020. The van der Waals surface area contributed by atoms with Crippen molar-refractivity contribution < 1.29 is 23.9 Å². The fourth-order valence-electron chi connectivity index (χ4n) is 3.12. The van der Waals surface area contributed by atoms with Gasteiger partial charge in [-0.25, -0.2) is 9.79 Å². The quantitative estimate of drug-likeness (QED) is 0.437. The molecule has 0 bridgehead atoms. The second-order valence-corrected chi connectivity index (χ2v) is 8.99. The second-order valence-electron chi connectivity index (χ2n) is 7.84. The molecule has 0 spiro atoms. The molecule has 2 aromatic carbocycles. The van der Waals surface area contributed by atoms with E-state index in [1.807, 2.05) is 6.07 Å². The second kappa shape index (κ2) is 9.44. The Labute approximate surface area is 191 Å². The van der Waals surface area contributed by atoms with Crippen molar-refractivity contribution in [2.45, 2.75) is 30.3 Å². The van der Waals surface area contributed by atoms with E-state index < -0.39 is 34.2 Å². The molecule has 168 valence electrons. The summed E-state index contributed by atoms with van der Waals surface area (Å²) in [5.41, 5.74) is -0.791. The number of carbonyl (C=O) groups excluding carboxylic acids is 3. The Morgan fingerprint density at radius 2 is 1.69 bits per heavy atom. The van der Waals surface area contributed by atoms with E-state index in [1.165, 1.54) is 7.11 Å². The van der Waals surface area contributed by atoms with Crippen LogP contribution in [-0.2, 0) is 19.1 Å². The van der Waals surface area contributed by atoms with Gasteiger partial charge in [0.1, 0.15) is 12.6 Å². The number of hydrogen-bond acceptors (Lipinski definition) is 7. The van der Waals surface area contributed by atoms with Crippen LogP contribution < -0.4 is 10.6 Å². The molecule has 2 atom stereocenters. The third-order valence-corrected chi connectivity index (χ3v) is 5.14. The van der Waals surface area contributed by atoms with Gasteiger partial charge < -0.3 is 20.1 Å². The number of amides is 2. The van der Waals surface area contributed by atoms with Gasteiger partial charge in [-0.05, 0) is 38.1 Å². The zero-order valence-corrected chi connectivity index (χ0v) is 18.9. The fraction of sp³-hybridized carbons (Fsp3) is 0.304. The number of thiol groups is 1. The normalized spacial score (nSPS) is 18.7. The summed E-state index contributed by atoms with van der Waals surface area (Å²) in [6, 6.07) is 16.3. The molecule has 0 aliphatic carbocycles. The predicted octanol–water partition coefficient (Wildman–Crippen LogP) is 1.96. The Kier molecular flexibility index (Phi) is 6.88. The van der Waals surface area contributed by atoms with Gasteiger partial charge in [0.15, 0.2) is 0 Å². The number of carbonyl (C=O) groups is 3. The van der Waals surface area contributed by atoms with Crippen LogP contribution in [0.3, 0.4) is 0 Å². The standard InChI is InChI=1S/C23H25N3O5S/c1-22(2,32)17(20(28)30-3)24-21(29)23(25-18(27)15-10-6-4-7-11-15)14-31-19(26-23)16-12-8-5-9-13-16/h4-13,17,32H,14H2,1-3H3,(H,24,29)(H,25,27)/t17-,23?/m1/s1. The number of nitrogens with zero attached hydrogens (tertiary/aromatic N) is 1. The lowest BCUT2D eigenvalue weighted by Crippen LogP contribution is -2.63. The molecule has 8 nitrogen and oxygen atoms in total.